The van der Waals surface area contributed by atoms with Crippen molar-refractivity contribution in [2.75, 3.05) is 25.1 Å². The van der Waals surface area contributed by atoms with Crippen LogP contribution >= 0.6 is 11.8 Å². The zero-order valence-electron chi connectivity index (χ0n) is 7.55. The minimum Gasteiger partial charge on any atom is -0.302 e. The third-order valence-corrected chi connectivity index (χ3v) is 2.89. The molecule has 1 fully saturated rings. The first-order valence-electron chi connectivity index (χ1n) is 4.08. The van der Waals surface area contributed by atoms with Crippen LogP contribution < -0.4 is 0 Å². The van der Waals surface area contributed by atoms with Gasteiger partial charge in [-0.25, -0.2) is 0 Å². The van der Waals surface area contributed by atoms with Gasteiger partial charge in [-0.2, -0.15) is 11.8 Å². The second-order valence-electron chi connectivity index (χ2n) is 2.40. The Hall–Kier alpha value is 0.310. The predicted octanol–water partition coefficient (Wildman–Crippen LogP) is 2.08. The van der Waals surface area contributed by atoms with Gasteiger partial charge in [0.2, 0.25) is 0 Å². The van der Waals surface area contributed by atoms with Crippen LogP contribution in [0.4, 0.5) is 0 Å². The molecule has 2 heteroatoms. The first kappa shape index (κ1) is 10.3. The third-order valence-electron chi connectivity index (χ3n) is 1.70. The quantitative estimate of drug-likeness (QED) is 0.535. The maximum absolute atomic E-state index is 2.41. The predicted molar refractivity (Wildman–Crippen MR) is 50.8 cm³/mol. The summed E-state index contributed by atoms with van der Waals surface area (Å²) in [5.41, 5.74) is 0. The Morgan fingerprint density at radius 1 is 1.40 bits per heavy atom. The van der Waals surface area contributed by atoms with Gasteiger partial charge in [0.05, 0.1) is 0 Å². The van der Waals surface area contributed by atoms with Crippen LogP contribution in [-0.4, -0.2) is 36.0 Å². The van der Waals surface area contributed by atoms with Crippen molar-refractivity contribution in [3.8, 4) is 0 Å². The van der Waals surface area contributed by atoms with E-state index in [1.807, 2.05) is 13.8 Å². The molecule has 0 aliphatic carbocycles. The molecule has 0 saturated carbocycles. The molecule has 10 heavy (non-hydrogen) atoms. The maximum Gasteiger partial charge on any atom is 0.0155 e. The van der Waals surface area contributed by atoms with Crippen molar-refractivity contribution in [3.63, 3.8) is 0 Å². The monoisotopic (exact) mass is 161 g/mol. The summed E-state index contributed by atoms with van der Waals surface area (Å²) in [7, 11) is 2.20. The molecule has 1 saturated heterocycles. The van der Waals surface area contributed by atoms with Gasteiger partial charge >= 0.3 is 0 Å². The summed E-state index contributed by atoms with van der Waals surface area (Å²) in [6, 6.07) is 0.800. The van der Waals surface area contributed by atoms with E-state index in [4.69, 9.17) is 0 Å². The van der Waals surface area contributed by atoms with E-state index >= 15 is 0 Å². The van der Waals surface area contributed by atoms with Crippen molar-refractivity contribution in [3.05, 3.63) is 0 Å². The molecule has 0 aromatic rings. The molecular weight excluding hydrogens is 142 g/mol. The summed E-state index contributed by atoms with van der Waals surface area (Å²) in [5.74, 6) is 2.64. The molecule has 62 valence electrons. The molecule has 1 heterocycles. The highest BCUT2D eigenvalue weighted by atomic mass is 32.2. The summed E-state index contributed by atoms with van der Waals surface area (Å²) in [4.78, 5) is 2.41. The number of hydrogen-bond donors (Lipinski definition) is 0. The van der Waals surface area contributed by atoms with E-state index in [0.717, 1.165) is 6.04 Å². The van der Waals surface area contributed by atoms with E-state index in [2.05, 4.69) is 30.6 Å². The van der Waals surface area contributed by atoms with Crippen LogP contribution in [0.5, 0.6) is 0 Å². The smallest absolute Gasteiger partial charge is 0.0155 e. The van der Waals surface area contributed by atoms with Crippen molar-refractivity contribution in [1.29, 1.82) is 0 Å². The summed E-state index contributed by atoms with van der Waals surface area (Å²) in [6.07, 6.45) is 0. The highest BCUT2D eigenvalue weighted by Crippen LogP contribution is 2.12. The average Bonchev–Trinajstić information content (AvgIpc) is 2.00. The third kappa shape index (κ3) is 3.47. The van der Waals surface area contributed by atoms with Gasteiger partial charge in [-0.3, -0.25) is 0 Å². The zero-order valence-corrected chi connectivity index (χ0v) is 8.37. The van der Waals surface area contributed by atoms with Gasteiger partial charge in [-0.05, 0) is 14.0 Å². The summed E-state index contributed by atoms with van der Waals surface area (Å²) in [6.45, 7) is 7.55. The summed E-state index contributed by atoms with van der Waals surface area (Å²) >= 11 is 2.07. The highest BCUT2D eigenvalue weighted by molar-refractivity contribution is 7.99. The molecule has 1 nitrogen and oxygen atoms in total. The minimum atomic E-state index is 0.800. The second kappa shape index (κ2) is 6.05. The molecule has 0 N–H and O–H groups in total. The van der Waals surface area contributed by atoms with Gasteiger partial charge in [0.1, 0.15) is 0 Å². The van der Waals surface area contributed by atoms with Crippen LogP contribution in [0, 0.1) is 0 Å². The van der Waals surface area contributed by atoms with Crippen LogP contribution in [0.25, 0.3) is 0 Å². The van der Waals surface area contributed by atoms with E-state index in [1.54, 1.807) is 0 Å². The second-order valence-corrected chi connectivity index (χ2v) is 3.55. The largest absolute Gasteiger partial charge is 0.302 e. The summed E-state index contributed by atoms with van der Waals surface area (Å²) in [5, 5.41) is 0. The Morgan fingerprint density at radius 3 is 2.30 bits per heavy atom. The number of hydrogen-bond acceptors (Lipinski definition) is 2. The first-order chi connectivity index (χ1) is 4.80. The fraction of sp³-hybridized carbons (Fsp3) is 1.00. The fourth-order valence-corrected chi connectivity index (χ4v) is 1.99. The van der Waals surface area contributed by atoms with Crippen LogP contribution in [0.15, 0.2) is 0 Å². The lowest BCUT2D eigenvalue weighted by molar-refractivity contribution is 0.287. The van der Waals surface area contributed by atoms with E-state index < -0.39 is 0 Å². The molecule has 1 atom stereocenters. The maximum atomic E-state index is 2.41. The molecule has 1 unspecified atom stereocenters. The lowest BCUT2D eigenvalue weighted by Gasteiger charge is -2.28. The Bertz CT molecular complexity index is 65.7. The number of rotatable bonds is 0. The SMILES string of the molecule is CC.CC1CSCCN1C. The van der Waals surface area contributed by atoms with Crippen LogP contribution in [0.2, 0.25) is 0 Å². The van der Waals surface area contributed by atoms with Crippen molar-refractivity contribution in [2.24, 2.45) is 0 Å². The molecule has 0 radical (unpaired) electrons. The lowest BCUT2D eigenvalue weighted by atomic mass is 10.3. The number of thioether (sulfide) groups is 1. The van der Waals surface area contributed by atoms with Crippen molar-refractivity contribution < 1.29 is 0 Å². The molecule has 1 aliphatic rings. The van der Waals surface area contributed by atoms with E-state index in [9.17, 15) is 0 Å². The molecule has 1 aliphatic heterocycles. The van der Waals surface area contributed by atoms with Crippen LogP contribution in [0.3, 0.4) is 0 Å². The molecule has 0 spiro atoms. The van der Waals surface area contributed by atoms with Crippen molar-refractivity contribution in [1.82, 2.24) is 4.90 Å². The molecule has 1 rings (SSSR count). The van der Waals surface area contributed by atoms with Crippen molar-refractivity contribution in [2.45, 2.75) is 26.8 Å². The highest BCUT2D eigenvalue weighted by Gasteiger charge is 2.12. The summed E-state index contributed by atoms with van der Waals surface area (Å²) < 4.78 is 0. The first-order valence-corrected chi connectivity index (χ1v) is 5.24. The Balaban J connectivity index is 0.000000371. The van der Waals surface area contributed by atoms with E-state index in [-0.39, 0.29) is 0 Å². The Morgan fingerprint density at radius 2 is 2.00 bits per heavy atom. The van der Waals surface area contributed by atoms with Gasteiger partial charge < -0.3 is 4.90 Å². The van der Waals surface area contributed by atoms with Gasteiger partial charge in [0.25, 0.3) is 0 Å². The molecular formula is C8H19NS. The van der Waals surface area contributed by atoms with Gasteiger partial charge in [0, 0.05) is 24.1 Å². The lowest BCUT2D eigenvalue weighted by Crippen LogP contribution is -2.36. The van der Waals surface area contributed by atoms with Crippen molar-refractivity contribution >= 4 is 11.8 Å². The van der Waals surface area contributed by atoms with Crippen LogP contribution in [-0.2, 0) is 0 Å². The fourth-order valence-electron chi connectivity index (χ4n) is 0.810. The Labute approximate surface area is 69.2 Å². The Kier molecular flexibility index (Phi) is 6.24. The normalized spacial score (nSPS) is 27.0. The molecule has 0 aromatic heterocycles. The number of nitrogens with zero attached hydrogens (tertiary/aromatic N) is 1. The van der Waals surface area contributed by atoms with Gasteiger partial charge in [0.15, 0.2) is 0 Å². The molecule has 0 amide bonds. The standard InChI is InChI=1S/C6H13NS.C2H6/c1-6-5-8-4-3-7(6)2;1-2/h6H,3-5H2,1-2H3;1-2H3. The van der Waals surface area contributed by atoms with Crippen LogP contribution in [0.1, 0.15) is 20.8 Å². The van der Waals surface area contributed by atoms with Gasteiger partial charge in [-0.1, -0.05) is 13.8 Å². The molecule has 0 aromatic carbocycles. The minimum absolute atomic E-state index is 0.800. The van der Waals surface area contributed by atoms with Gasteiger partial charge in [-0.15, -0.1) is 0 Å². The topological polar surface area (TPSA) is 3.24 Å². The zero-order chi connectivity index (χ0) is 7.98. The van der Waals surface area contributed by atoms with E-state index in [0.29, 0.717) is 0 Å². The molecule has 0 bridgehead atoms. The average molecular weight is 161 g/mol. The van der Waals surface area contributed by atoms with E-state index in [1.165, 1.54) is 18.1 Å².